The molecule has 1 spiro atoms. The van der Waals surface area contributed by atoms with E-state index in [9.17, 15) is 9.59 Å². The molecule has 0 bridgehead atoms. The molecule has 6 nitrogen and oxygen atoms in total. The molecule has 1 atom stereocenters. The number of anilines is 1. The number of hydrogen-bond donors (Lipinski definition) is 0. The van der Waals surface area contributed by atoms with Crippen molar-refractivity contribution in [1.82, 2.24) is 4.90 Å². The highest BCUT2D eigenvalue weighted by molar-refractivity contribution is 9.10. The number of ketones is 1. The van der Waals surface area contributed by atoms with Crippen molar-refractivity contribution in [3.63, 3.8) is 0 Å². The van der Waals surface area contributed by atoms with Crippen LogP contribution in [0.4, 0.5) is 5.69 Å². The monoisotopic (exact) mass is 483 g/mol. The Bertz CT molecular complexity index is 856. The zero-order valence-electron chi connectivity index (χ0n) is 16.2. The average Bonchev–Trinajstić information content (AvgIpc) is 3.17. The van der Waals surface area contributed by atoms with Gasteiger partial charge in [0.05, 0.1) is 12.3 Å². The number of ether oxygens (including phenoxy) is 1. The number of hydrazone groups is 1. The molecular weight excluding hydrogens is 462 g/mol. The van der Waals surface area contributed by atoms with E-state index in [1.54, 1.807) is 6.92 Å². The van der Waals surface area contributed by atoms with Crippen LogP contribution in [-0.4, -0.2) is 39.7 Å². The van der Waals surface area contributed by atoms with E-state index < -0.39 is 4.33 Å². The number of carbonyl (C=O) groups excluding carboxylic acids is 2. The molecule has 150 valence electrons. The molecule has 2 heterocycles. The zero-order valence-corrected chi connectivity index (χ0v) is 19.4. The molecule has 0 aromatic heterocycles. The Kier molecular flexibility index (Phi) is 6.46. The van der Waals surface area contributed by atoms with E-state index in [1.807, 2.05) is 36.3 Å². The first kappa shape index (κ1) is 21.3. The van der Waals surface area contributed by atoms with E-state index in [0.717, 1.165) is 28.7 Å². The van der Waals surface area contributed by atoms with Crippen molar-refractivity contribution in [1.29, 1.82) is 0 Å². The summed E-state index contributed by atoms with van der Waals surface area (Å²) in [7, 11) is 1.95. The number of hydrogen-bond acceptors (Lipinski definition) is 8. The fraction of sp³-hybridized carbons (Fsp3) is 0.421. The first-order chi connectivity index (χ1) is 13.3. The summed E-state index contributed by atoms with van der Waals surface area (Å²) in [6, 6.07) is 7.74. The number of carbonyl (C=O) groups is 2. The highest BCUT2D eigenvalue weighted by atomic mass is 79.9. The molecule has 0 amide bonds. The minimum Gasteiger partial charge on any atom is -0.462 e. The summed E-state index contributed by atoms with van der Waals surface area (Å²) >= 11 is 6.21. The second kappa shape index (κ2) is 8.51. The molecule has 1 aromatic rings. The number of esters is 1. The van der Waals surface area contributed by atoms with Crippen molar-refractivity contribution in [2.75, 3.05) is 18.7 Å². The minimum atomic E-state index is -0.776. The van der Waals surface area contributed by atoms with Gasteiger partial charge in [-0.05, 0) is 49.4 Å². The SMILES string of the molecule is CCCC1=C(C(=O)OCC)S[C@]2(SC(C(C)=O)=NN2c2ccc(Br)cc2)N1C. The van der Waals surface area contributed by atoms with E-state index >= 15 is 0 Å². The van der Waals surface area contributed by atoms with Crippen LogP contribution in [0.25, 0.3) is 0 Å². The van der Waals surface area contributed by atoms with E-state index in [4.69, 9.17) is 4.74 Å². The van der Waals surface area contributed by atoms with Crippen molar-refractivity contribution < 1.29 is 14.3 Å². The average molecular weight is 484 g/mol. The van der Waals surface area contributed by atoms with Crippen molar-refractivity contribution in [2.24, 2.45) is 5.10 Å². The van der Waals surface area contributed by atoms with Gasteiger partial charge in [-0.3, -0.25) is 4.79 Å². The Hall–Kier alpha value is -1.45. The number of rotatable bonds is 6. The van der Waals surface area contributed by atoms with Crippen LogP contribution in [0.5, 0.6) is 0 Å². The highest BCUT2D eigenvalue weighted by Crippen LogP contribution is 2.59. The summed E-state index contributed by atoms with van der Waals surface area (Å²) in [6.45, 7) is 5.70. The van der Waals surface area contributed by atoms with E-state index in [1.165, 1.54) is 30.4 Å². The predicted molar refractivity (Wildman–Crippen MR) is 119 cm³/mol. The molecular formula is C19H22BrN3O3S2. The highest BCUT2D eigenvalue weighted by Gasteiger charge is 2.56. The molecule has 0 radical (unpaired) electrons. The van der Waals surface area contributed by atoms with Crippen LogP contribution in [0.3, 0.4) is 0 Å². The number of Topliss-reactive ketones (excluding diaryl/α,β-unsaturated/α-hetero) is 1. The summed E-state index contributed by atoms with van der Waals surface area (Å²) in [5, 5.41) is 6.86. The Morgan fingerprint density at radius 2 is 1.89 bits per heavy atom. The first-order valence-corrected chi connectivity index (χ1v) is 11.4. The third-order valence-corrected chi connectivity index (χ3v) is 7.96. The van der Waals surface area contributed by atoms with E-state index in [0.29, 0.717) is 16.6 Å². The van der Waals surface area contributed by atoms with E-state index in [2.05, 4.69) is 32.9 Å². The van der Waals surface area contributed by atoms with E-state index in [-0.39, 0.29) is 11.8 Å². The minimum absolute atomic E-state index is 0.0976. The summed E-state index contributed by atoms with van der Waals surface area (Å²) < 4.78 is 5.48. The Labute approximate surface area is 181 Å². The van der Waals surface area contributed by atoms with Crippen molar-refractivity contribution in [3.05, 3.63) is 39.3 Å². The van der Waals surface area contributed by atoms with Crippen LogP contribution in [0.15, 0.2) is 44.4 Å². The van der Waals surface area contributed by atoms with Gasteiger partial charge in [0, 0.05) is 24.1 Å². The summed E-state index contributed by atoms with van der Waals surface area (Å²) in [4.78, 5) is 27.4. The maximum Gasteiger partial charge on any atom is 0.346 e. The molecule has 3 rings (SSSR count). The van der Waals surface area contributed by atoms with Gasteiger partial charge in [0.1, 0.15) is 4.91 Å². The number of benzene rings is 1. The maximum absolute atomic E-state index is 12.7. The molecule has 9 heteroatoms. The van der Waals surface area contributed by atoms with Crippen LogP contribution < -0.4 is 5.01 Å². The molecule has 28 heavy (non-hydrogen) atoms. The van der Waals surface area contributed by atoms with Crippen LogP contribution in [-0.2, 0) is 14.3 Å². The Morgan fingerprint density at radius 3 is 2.46 bits per heavy atom. The van der Waals surface area contributed by atoms with Gasteiger partial charge in [0.15, 0.2) is 10.8 Å². The van der Waals surface area contributed by atoms with Crippen molar-refractivity contribution in [2.45, 2.75) is 37.9 Å². The number of allylic oxidation sites excluding steroid dienone is 1. The molecule has 0 N–H and O–H groups in total. The largest absolute Gasteiger partial charge is 0.462 e. The molecule has 2 aliphatic rings. The Balaban J connectivity index is 2.06. The molecule has 2 aliphatic heterocycles. The second-order valence-corrected chi connectivity index (χ2v) is 9.82. The number of thioether (sulfide) groups is 2. The molecule has 0 saturated heterocycles. The fourth-order valence-electron chi connectivity index (χ4n) is 3.02. The lowest BCUT2D eigenvalue weighted by molar-refractivity contribution is -0.137. The summed E-state index contributed by atoms with van der Waals surface area (Å²) in [6.07, 6.45) is 1.63. The van der Waals surface area contributed by atoms with Crippen molar-refractivity contribution in [3.8, 4) is 0 Å². The van der Waals surface area contributed by atoms with Gasteiger partial charge in [-0.25, -0.2) is 9.80 Å². The zero-order chi connectivity index (χ0) is 20.5. The quantitative estimate of drug-likeness (QED) is 0.539. The molecule has 0 saturated carbocycles. The smallest absolute Gasteiger partial charge is 0.346 e. The van der Waals surface area contributed by atoms with Crippen molar-refractivity contribution >= 4 is 61.9 Å². The lowest BCUT2D eigenvalue weighted by Crippen LogP contribution is -2.47. The molecule has 0 unspecified atom stereocenters. The van der Waals surface area contributed by atoms with Gasteiger partial charge in [-0.2, -0.15) is 5.10 Å². The summed E-state index contributed by atoms with van der Waals surface area (Å²) in [5.74, 6) is -0.424. The van der Waals surface area contributed by atoms with Gasteiger partial charge in [-0.15, -0.1) is 0 Å². The second-order valence-electron chi connectivity index (χ2n) is 6.31. The molecule has 1 aromatic carbocycles. The lowest BCUT2D eigenvalue weighted by Gasteiger charge is -2.39. The van der Waals surface area contributed by atoms with Crippen LogP contribution in [0, 0.1) is 0 Å². The van der Waals surface area contributed by atoms with Crippen LogP contribution in [0.2, 0.25) is 0 Å². The fourth-order valence-corrected chi connectivity index (χ4v) is 6.18. The number of halogens is 1. The third kappa shape index (κ3) is 3.71. The normalized spacial score (nSPS) is 21.5. The molecule has 0 fully saturated rings. The standard InChI is InChI=1S/C19H22BrN3O3S2/c1-5-7-15-16(18(25)26-6-2)27-19(22(15)4)23(21-17(28-19)12(3)24)14-10-8-13(20)9-11-14/h8-11H,5-7H2,1-4H3/t19-/m0/s1. The molecule has 0 aliphatic carbocycles. The number of nitrogens with zero attached hydrogens (tertiary/aromatic N) is 3. The first-order valence-electron chi connectivity index (χ1n) is 9.01. The van der Waals surface area contributed by atoms with Gasteiger partial charge in [-0.1, -0.05) is 41.0 Å². The lowest BCUT2D eigenvalue weighted by atomic mass is 10.2. The predicted octanol–water partition coefficient (Wildman–Crippen LogP) is 4.77. The van der Waals surface area contributed by atoms with Gasteiger partial charge >= 0.3 is 5.97 Å². The maximum atomic E-state index is 12.7. The van der Waals surface area contributed by atoms with Crippen LogP contribution >= 0.6 is 39.5 Å². The Morgan fingerprint density at radius 1 is 1.21 bits per heavy atom. The summed E-state index contributed by atoms with van der Waals surface area (Å²) in [5.41, 5.74) is 1.76. The third-order valence-electron chi connectivity index (χ3n) is 4.33. The van der Waals surface area contributed by atoms with Gasteiger partial charge < -0.3 is 9.64 Å². The van der Waals surface area contributed by atoms with Gasteiger partial charge in [0.25, 0.3) is 0 Å². The van der Waals surface area contributed by atoms with Crippen LogP contribution in [0.1, 0.15) is 33.6 Å². The topological polar surface area (TPSA) is 62.2 Å². The van der Waals surface area contributed by atoms with Gasteiger partial charge in [0.2, 0.25) is 4.33 Å².